The Labute approximate surface area is 236 Å². The molecule has 1 fully saturated rings. The summed E-state index contributed by atoms with van der Waals surface area (Å²) in [5.41, 5.74) is 3.17. The first-order valence-corrected chi connectivity index (χ1v) is 14.3. The first-order valence-electron chi connectivity index (χ1n) is 13.5. The molecule has 1 unspecified atom stereocenters. The molecule has 1 amide bonds. The number of hydrogen-bond donors (Lipinski definition) is 1. The molecule has 1 saturated heterocycles. The number of rotatable bonds is 7. The Balaban J connectivity index is 1.56. The highest BCUT2D eigenvalue weighted by Gasteiger charge is 2.34. The fourth-order valence-corrected chi connectivity index (χ4v) is 6.51. The van der Waals surface area contributed by atoms with Crippen LogP contribution in [-0.2, 0) is 13.0 Å². The van der Waals surface area contributed by atoms with Crippen molar-refractivity contribution in [1.29, 1.82) is 0 Å². The van der Waals surface area contributed by atoms with Crippen molar-refractivity contribution in [2.45, 2.75) is 53.1 Å². The van der Waals surface area contributed by atoms with Gasteiger partial charge >= 0.3 is 0 Å². The summed E-state index contributed by atoms with van der Waals surface area (Å²) in [7, 11) is 1.57. The van der Waals surface area contributed by atoms with E-state index in [2.05, 4.69) is 45.2 Å². The van der Waals surface area contributed by atoms with Gasteiger partial charge in [0.2, 0.25) is 11.3 Å². The number of ether oxygens (including phenoxy) is 1. The number of amides is 1. The van der Waals surface area contributed by atoms with Crippen LogP contribution in [0.2, 0.25) is 0 Å². The lowest BCUT2D eigenvalue weighted by atomic mass is 10.0. The number of aromatic nitrogens is 5. The number of piperazine rings is 1. The molecule has 0 bridgehead atoms. The fourth-order valence-electron chi connectivity index (χ4n) is 5.36. The number of carbonyl (C=O) groups is 1. The minimum absolute atomic E-state index is 0.00236. The van der Waals surface area contributed by atoms with Crippen molar-refractivity contribution < 1.29 is 14.6 Å². The zero-order valence-corrected chi connectivity index (χ0v) is 24.2. The molecule has 5 heterocycles. The molecule has 1 aliphatic heterocycles. The van der Waals surface area contributed by atoms with Crippen molar-refractivity contribution in [3.05, 3.63) is 52.0 Å². The topological polar surface area (TPSA) is 127 Å². The highest BCUT2D eigenvalue weighted by atomic mass is 32.1. The Bertz CT molecular complexity index is 1630. The van der Waals surface area contributed by atoms with Gasteiger partial charge in [-0.25, -0.2) is 19.9 Å². The molecule has 5 rings (SSSR count). The Morgan fingerprint density at radius 1 is 1.20 bits per heavy atom. The van der Waals surface area contributed by atoms with Crippen LogP contribution < -0.4 is 15.1 Å². The van der Waals surface area contributed by atoms with Gasteiger partial charge in [-0.05, 0) is 32.8 Å². The lowest BCUT2D eigenvalue weighted by Gasteiger charge is -2.43. The van der Waals surface area contributed by atoms with E-state index in [1.54, 1.807) is 25.1 Å². The average Bonchev–Trinajstić information content (AvgIpc) is 3.44. The van der Waals surface area contributed by atoms with E-state index in [1.807, 2.05) is 12.1 Å². The van der Waals surface area contributed by atoms with Crippen LogP contribution in [0.1, 0.15) is 49.1 Å². The second kappa shape index (κ2) is 11.2. The maximum atomic E-state index is 14.1. The molecule has 40 heavy (non-hydrogen) atoms. The average molecular weight is 564 g/mol. The molecular formula is C28H33N7O4S. The quantitative estimate of drug-likeness (QED) is 0.358. The third kappa shape index (κ3) is 4.66. The summed E-state index contributed by atoms with van der Waals surface area (Å²) in [6.45, 7) is 9.79. The number of nitrogens with zero attached hydrogens (tertiary/aromatic N) is 7. The minimum atomic E-state index is -0.338. The smallest absolute Gasteiger partial charge is 0.276 e. The number of anilines is 1. The van der Waals surface area contributed by atoms with E-state index in [9.17, 15) is 14.7 Å². The third-order valence-corrected chi connectivity index (χ3v) is 8.59. The molecule has 0 aromatic carbocycles. The third-order valence-electron chi connectivity index (χ3n) is 7.46. The van der Waals surface area contributed by atoms with Crippen LogP contribution in [0.3, 0.4) is 0 Å². The molecule has 4 aromatic heterocycles. The van der Waals surface area contributed by atoms with Crippen LogP contribution in [0.4, 0.5) is 5.69 Å². The van der Waals surface area contributed by atoms with Crippen molar-refractivity contribution in [3.8, 4) is 22.2 Å². The summed E-state index contributed by atoms with van der Waals surface area (Å²) >= 11 is 1.49. The van der Waals surface area contributed by atoms with Crippen molar-refractivity contribution in [2.24, 2.45) is 0 Å². The van der Waals surface area contributed by atoms with E-state index >= 15 is 0 Å². The zero-order chi connectivity index (χ0) is 28.6. The SMILES string of the molecule is CCc1c(N2CCN(C(=O)c3ncnc(C)c3O)CC2CC)c(=O)c2nc(-c3ccnc(OC)c3)sc2n1CC. The summed E-state index contributed by atoms with van der Waals surface area (Å²) in [5, 5.41) is 11.1. The molecule has 12 heteroatoms. The molecule has 4 aromatic rings. The second-order valence-corrected chi connectivity index (χ2v) is 10.6. The largest absolute Gasteiger partial charge is 0.504 e. The number of thiazole rings is 1. The van der Waals surface area contributed by atoms with E-state index in [0.717, 1.165) is 27.5 Å². The van der Waals surface area contributed by atoms with Crippen molar-refractivity contribution in [1.82, 2.24) is 29.4 Å². The maximum absolute atomic E-state index is 14.1. The predicted octanol–water partition coefficient (Wildman–Crippen LogP) is 3.66. The van der Waals surface area contributed by atoms with Gasteiger partial charge in [0.1, 0.15) is 27.4 Å². The van der Waals surface area contributed by atoms with Crippen LogP contribution >= 0.6 is 11.3 Å². The molecule has 0 radical (unpaired) electrons. The van der Waals surface area contributed by atoms with Crippen molar-refractivity contribution >= 4 is 33.3 Å². The second-order valence-electron chi connectivity index (χ2n) is 9.64. The van der Waals surface area contributed by atoms with Gasteiger partial charge in [0.25, 0.3) is 5.91 Å². The Morgan fingerprint density at radius 3 is 2.70 bits per heavy atom. The summed E-state index contributed by atoms with van der Waals surface area (Å²) in [5.74, 6) is -0.0464. The highest BCUT2D eigenvalue weighted by Crippen LogP contribution is 2.34. The first-order chi connectivity index (χ1) is 19.3. The highest BCUT2D eigenvalue weighted by molar-refractivity contribution is 7.21. The van der Waals surface area contributed by atoms with E-state index in [4.69, 9.17) is 9.72 Å². The number of pyridine rings is 2. The van der Waals surface area contributed by atoms with Gasteiger partial charge in [-0.1, -0.05) is 25.2 Å². The van der Waals surface area contributed by atoms with Crippen LogP contribution in [-0.4, -0.2) is 73.2 Å². The van der Waals surface area contributed by atoms with Crippen molar-refractivity contribution in [2.75, 3.05) is 31.6 Å². The van der Waals surface area contributed by atoms with E-state index in [-0.39, 0.29) is 28.8 Å². The van der Waals surface area contributed by atoms with Gasteiger partial charge in [0.05, 0.1) is 12.8 Å². The summed E-state index contributed by atoms with van der Waals surface area (Å²) in [6, 6.07) is 3.59. The Kier molecular flexibility index (Phi) is 7.70. The van der Waals surface area contributed by atoms with Crippen LogP contribution in [0.5, 0.6) is 11.6 Å². The fraction of sp³-hybridized carbons (Fsp3) is 0.429. The monoisotopic (exact) mass is 563 g/mol. The molecule has 1 atom stereocenters. The first kappa shape index (κ1) is 27.5. The molecule has 11 nitrogen and oxygen atoms in total. The number of hydrogen-bond acceptors (Lipinski definition) is 10. The normalized spacial score (nSPS) is 15.6. The van der Waals surface area contributed by atoms with Gasteiger partial charge in [0, 0.05) is 55.7 Å². The van der Waals surface area contributed by atoms with Crippen LogP contribution in [0, 0.1) is 6.92 Å². The van der Waals surface area contributed by atoms with Crippen LogP contribution in [0.25, 0.3) is 20.9 Å². The lowest BCUT2D eigenvalue weighted by Crippen LogP contribution is -2.56. The summed E-state index contributed by atoms with van der Waals surface area (Å²) < 4.78 is 7.48. The number of methoxy groups -OCH3 is 1. The van der Waals surface area contributed by atoms with Crippen LogP contribution in [0.15, 0.2) is 29.5 Å². The molecule has 1 N–H and O–H groups in total. The number of aromatic hydroxyl groups is 1. The number of aryl methyl sites for hydroxylation is 2. The number of fused-ring (bicyclic) bond motifs is 1. The van der Waals surface area contributed by atoms with E-state index in [0.29, 0.717) is 55.4 Å². The molecule has 0 saturated carbocycles. The Hall–Kier alpha value is -4.06. The minimum Gasteiger partial charge on any atom is -0.504 e. The van der Waals surface area contributed by atoms with Crippen molar-refractivity contribution in [3.63, 3.8) is 0 Å². The molecular weight excluding hydrogens is 530 g/mol. The van der Waals surface area contributed by atoms with E-state index < -0.39 is 0 Å². The van der Waals surface area contributed by atoms with Gasteiger partial charge < -0.3 is 24.2 Å². The van der Waals surface area contributed by atoms with Gasteiger partial charge in [-0.15, -0.1) is 0 Å². The molecule has 1 aliphatic rings. The summed E-state index contributed by atoms with van der Waals surface area (Å²) in [6.07, 6.45) is 4.36. The maximum Gasteiger partial charge on any atom is 0.276 e. The summed E-state index contributed by atoms with van der Waals surface area (Å²) in [4.78, 5) is 49.1. The zero-order valence-electron chi connectivity index (χ0n) is 23.3. The standard InChI is InChI=1S/C28H33N7O4S/c1-6-18-14-33(27(38)21-24(36)16(4)30-15-31-21)11-12-35(18)23-19(7-2)34(8-3)28-22(25(23)37)32-26(40-28)17-9-10-29-20(13-17)39-5/h9-10,13,15,18,36H,6-8,11-12,14H2,1-5H3. The molecule has 210 valence electrons. The predicted molar refractivity (Wildman–Crippen MR) is 154 cm³/mol. The molecule has 0 aliphatic carbocycles. The van der Waals surface area contributed by atoms with E-state index in [1.165, 1.54) is 17.7 Å². The Morgan fingerprint density at radius 2 is 2.00 bits per heavy atom. The number of carbonyl (C=O) groups excluding carboxylic acids is 1. The van der Waals surface area contributed by atoms with Gasteiger partial charge in [0.15, 0.2) is 11.4 Å². The molecule has 0 spiro atoms. The lowest BCUT2D eigenvalue weighted by molar-refractivity contribution is 0.0711. The van der Waals surface area contributed by atoms with Gasteiger partial charge in [-0.3, -0.25) is 9.59 Å². The van der Waals surface area contributed by atoms with Gasteiger partial charge in [-0.2, -0.15) is 0 Å².